The van der Waals surface area contributed by atoms with Gasteiger partial charge in [-0.2, -0.15) is 0 Å². The molecular formula is C33H46N2O5. The molecule has 0 unspecified atom stereocenters. The first-order valence-electron chi connectivity index (χ1n) is 15.1. The molecule has 3 N–H and O–H groups in total. The first kappa shape index (κ1) is 31.2. The average molecular weight is 551 g/mol. The Morgan fingerprint density at radius 3 is 1.98 bits per heavy atom. The third kappa shape index (κ3) is 10.00. The van der Waals surface area contributed by atoms with Gasteiger partial charge in [0.15, 0.2) is 0 Å². The summed E-state index contributed by atoms with van der Waals surface area (Å²) in [6, 6.07) is 15.1. The summed E-state index contributed by atoms with van der Waals surface area (Å²) in [4.78, 5) is 36.3. The number of alkyl carbamates (subject to hydrolysis) is 1. The lowest BCUT2D eigenvalue weighted by atomic mass is 9.98. The molecule has 0 saturated heterocycles. The smallest absolute Gasteiger partial charge is 0.407 e. The molecule has 0 spiro atoms. The fraction of sp³-hybridized carbons (Fsp3) is 0.545. The van der Waals surface area contributed by atoms with Crippen molar-refractivity contribution >= 4 is 18.0 Å². The first-order valence-corrected chi connectivity index (χ1v) is 15.1. The number of hydrogen-bond acceptors (Lipinski definition) is 4. The van der Waals surface area contributed by atoms with Crippen LogP contribution in [0.25, 0.3) is 11.1 Å². The summed E-state index contributed by atoms with van der Waals surface area (Å²) >= 11 is 0. The molecule has 0 radical (unpaired) electrons. The summed E-state index contributed by atoms with van der Waals surface area (Å²) in [5, 5.41) is 15.0. The van der Waals surface area contributed by atoms with Crippen LogP contribution in [0.1, 0.15) is 107 Å². The van der Waals surface area contributed by atoms with E-state index in [0.717, 1.165) is 35.1 Å². The van der Waals surface area contributed by atoms with Gasteiger partial charge in [0.1, 0.15) is 12.6 Å². The molecule has 0 fully saturated rings. The molecule has 0 saturated carbocycles. The Kier molecular flexibility index (Phi) is 13.5. The van der Waals surface area contributed by atoms with E-state index in [9.17, 15) is 19.5 Å². The number of fused-ring (bicyclic) bond motifs is 3. The van der Waals surface area contributed by atoms with E-state index in [1.807, 2.05) is 36.4 Å². The highest BCUT2D eigenvalue weighted by atomic mass is 16.5. The van der Waals surface area contributed by atoms with Crippen molar-refractivity contribution in [3.05, 3.63) is 59.7 Å². The van der Waals surface area contributed by atoms with Crippen molar-refractivity contribution in [1.29, 1.82) is 0 Å². The number of carbonyl (C=O) groups excluding carboxylic acids is 2. The quantitative estimate of drug-likeness (QED) is 0.161. The highest BCUT2D eigenvalue weighted by Crippen LogP contribution is 2.44. The summed E-state index contributed by atoms with van der Waals surface area (Å²) in [6.07, 6.45) is 12.3. The van der Waals surface area contributed by atoms with Crippen LogP contribution >= 0.6 is 0 Å². The predicted octanol–water partition coefficient (Wildman–Crippen LogP) is 7.19. The Bertz CT molecular complexity index is 1040. The van der Waals surface area contributed by atoms with Crippen molar-refractivity contribution in [3.63, 3.8) is 0 Å². The minimum atomic E-state index is -1.09. The van der Waals surface area contributed by atoms with Gasteiger partial charge in [-0.3, -0.25) is 4.79 Å². The zero-order chi connectivity index (χ0) is 28.6. The second-order valence-electron chi connectivity index (χ2n) is 10.8. The van der Waals surface area contributed by atoms with E-state index >= 15 is 0 Å². The second kappa shape index (κ2) is 17.4. The highest BCUT2D eigenvalue weighted by molar-refractivity contribution is 5.81. The van der Waals surface area contributed by atoms with E-state index in [1.54, 1.807) is 0 Å². The largest absolute Gasteiger partial charge is 0.480 e. The molecule has 2 amide bonds. The second-order valence-corrected chi connectivity index (χ2v) is 10.8. The fourth-order valence-electron chi connectivity index (χ4n) is 5.43. The number of carboxylic acid groups (broad SMARTS) is 1. The minimum Gasteiger partial charge on any atom is -0.480 e. The van der Waals surface area contributed by atoms with Crippen molar-refractivity contribution < 1.29 is 24.2 Å². The summed E-state index contributed by atoms with van der Waals surface area (Å²) < 4.78 is 5.49. The fourth-order valence-corrected chi connectivity index (χ4v) is 5.43. The standard InChI is InChI=1S/C33H46N2O5/c1-2-3-4-5-6-7-8-9-10-22-31(36)34-23-16-15-21-30(32(37)38)35-33(39)40-24-29-27-19-13-11-17-25(27)26-18-12-14-20-28(26)29/h11-14,17-20,29-30H,2-10,15-16,21-24H2,1H3,(H,34,36)(H,35,39)(H,37,38)/t30-/m0/s1. The zero-order valence-electron chi connectivity index (χ0n) is 24.0. The highest BCUT2D eigenvalue weighted by Gasteiger charge is 2.29. The average Bonchev–Trinajstić information content (AvgIpc) is 3.28. The monoisotopic (exact) mass is 550 g/mol. The van der Waals surface area contributed by atoms with Crippen LogP contribution in [0.4, 0.5) is 4.79 Å². The Hall–Kier alpha value is -3.35. The molecule has 1 aliphatic carbocycles. The Labute approximate surface area is 239 Å². The summed E-state index contributed by atoms with van der Waals surface area (Å²) in [7, 11) is 0. The van der Waals surface area contributed by atoms with Gasteiger partial charge in [0.2, 0.25) is 5.91 Å². The van der Waals surface area contributed by atoms with Gasteiger partial charge in [0.25, 0.3) is 0 Å². The topological polar surface area (TPSA) is 105 Å². The van der Waals surface area contributed by atoms with Crippen molar-refractivity contribution in [2.45, 2.75) is 102 Å². The van der Waals surface area contributed by atoms with Crippen LogP contribution in [0.5, 0.6) is 0 Å². The number of hydrogen-bond donors (Lipinski definition) is 3. The van der Waals surface area contributed by atoms with Gasteiger partial charge >= 0.3 is 12.1 Å². The molecule has 7 heteroatoms. The van der Waals surface area contributed by atoms with Gasteiger partial charge in [-0.15, -0.1) is 0 Å². The molecule has 3 rings (SSSR count). The lowest BCUT2D eigenvalue weighted by molar-refractivity contribution is -0.139. The lowest BCUT2D eigenvalue weighted by Crippen LogP contribution is -2.41. The van der Waals surface area contributed by atoms with Crippen LogP contribution in [0.3, 0.4) is 0 Å². The van der Waals surface area contributed by atoms with Crippen molar-refractivity contribution in [1.82, 2.24) is 10.6 Å². The lowest BCUT2D eigenvalue weighted by Gasteiger charge is -2.17. The number of amides is 2. The molecule has 1 aliphatic rings. The third-order valence-electron chi connectivity index (χ3n) is 7.68. The predicted molar refractivity (Wildman–Crippen MR) is 158 cm³/mol. The molecule has 2 aromatic rings. The number of aliphatic carboxylic acids is 1. The number of nitrogens with one attached hydrogen (secondary N) is 2. The maximum Gasteiger partial charge on any atom is 0.407 e. The van der Waals surface area contributed by atoms with Gasteiger partial charge in [-0.05, 0) is 47.9 Å². The minimum absolute atomic E-state index is 0.0505. The van der Waals surface area contributed by atoms with Crippen LogP contribution < -0.4 is 10.6 Å². The van der Waals surface area contributed by atoms with E-state index in [2.05, 4.69) is 29.7 Å². The molecule has 0 aromatic heterocycles. The summed E-state index contributed by atoms with van der Waals surface area (Å²) in [6.45, 7) is 2.87. The van der Waals surface area contributed by atoms with E-state index < -0.39 is 18.1 Å². The van der Waals surface area contributed by atoms with Crippen LogP contribution in [0, 0.1) is 0 Å². The molecule has 2 aromatic carbocycles. The molecule has 40 heavy (non-hydrogen) atoms. The van der Waals surface area contributed by atoms with Crippen LogP contribution in [-0.2, 0) is 14.3 Å². The molecule has 0 bridgehead atoms. The van der Waals surface area contributed by atoms with E-state index in [-0.39, 0.29) is 24.9 Å². The zero-order valence-corrected chi connectivity index (χ0v) is 24.0. The van der Waals surface area contributed by atoms with Gasteiger partial charge < -0.3 is 20.5 Å². The number of carboxylic acids is 1. The van der Waals surface area contributed by atoms with Crippen LogP contribution in [0.2, 0.25) is 0 Å². The maximum atomic E-state index is 12.5. The Balaban J connectivity index is 1.28. The maximum absolute atomic E-state index is 12.5. The van der Waals surface area contributed by atoms with Gasteiger partial charge in [0, 0.05) is 18.9 Å². The van der Waals surface area contributed by atoms with Crippen LogP contribution in [-0.4, -0.2) is 42.3 Å². The van der Waals surface area contributed by atoms with Crippen molar-refractivity contribution in [2.24, 2.45) is 0 Å². The normalized spacial score (nSPS) is 12.8. The molecule has 7 nitrogen and oxygen atoms in total. The van der Waals surface area contributed by atoms with Gasteiger partial charge in [0.05, 0.1) is 0 Å². The SMILES string of the molecule is CCCCCCCCCCCC(=O)NCCCC[C@H](NC(=O)OCC1c2ccccc2-c2ccccc21)C(=O)O. The number of rotatable bonds is 19. The Morgan fingerprint density at radius 2 is 1.38 bits per heavy atom. The third-order valence-corrected chi connectivity index (χ3v) is 7.68. The first-order chi connectivity index (χ1) is 19.5. The summed E-state index contributed by atoms with van der Waals surface area (Å²) in [5.41, 5.74) is 4.48. The summed E-state index contributed by atoms with van der Waals surface area (Å²) in [5.74, 6) is -1.13. The number of benzene rings is 2. The van der Waals surface area contributed by atoms with Gasteiger partial charge in [-0.25, -0.2) is 9.59 Å². The van der Waals surface area contributed by atoms with E-state index in [1.165, 1.54) is 44.9 Å². The van der Waals surface area contributed by atoms with Crippen LogP contribution in [0.15, 0.2) is 48.5 Å². The molecule has 0 heterocycles. The molecule has 218 valence electrons. The molecule has 1 atom stereocenters. The van der Waals surface area contributed by atoms with Crippen molar-refractivity contribution in [3.8, 4) is 11.1 Å². The molecule has 0 aliphatic heterocycles. The van der Waals surface area contributed by atoms with E-state index in [4.69, 9.17) is 4.74 Å². The number of carbonyl (C=O) groups is 3. The number of unbranched alkanes of at least 4 members (excludes halogenated alkanes) is 9. The Morgan fingerprint density at radius 1 is 0.800 bits per heavy atom. The van der Waals surface area contributed by atoms with E-state index in [0.29, 0.717) is 25.8 Å². The molecular weight excluding hydrogens is 504 g/mol. The van der Waals surface area contributed by atoms with Crippen molar-refractivity contribution in [2.75, 3.05) is 13.2 Å². The number of ether oxygens (including phenoxy) is 1. The van der Waals surface area contributed by atoms with Gasteiger partial charge in [-0.1, -0.05) is 107 Å².